The van der Waals surface area contributed by atoms with Crippen LogP contribution in [-0.2, 0) is 0 Å². The van der Waals surface area contributed by atoms with Crippen LogP contribution < -0.4 is 0 Å². The van der Waals surface area contributed by atoms with Gasteiger partial charge >= 0.3 is 0 Å². The Bertz CT molecular complexity index is 538. The van der Waals surface area contributed by atoms with Crippen LogP contribution in [0.25, 0.3) is 11.1 Å². The second kappa shape index (κ2) is 6.55. The monoisotopic (exact) mass is 294 g/mol. The fourth-order valence-electron chi connectivity index (χ4n) is 1.82. The molecule has 0 nitrogen and oxygen atoms in total. The smallest absolute Gasteiger partial charge is 0.0547 e. The van der Waals surface area contributed by atoms with Crippen LogP contribution >= 0.6 is 35.1 Å². The molecule has 18 heavy (non-hydrogen) atoms. The average molecular weight is 295 g/mol. The summed E-state index contributed by atoms with van der Waals surface area (Å²) < 4.78 is 0. The molecule has 0 heterocycles. The molecule has 0 N–H and O–H groups in total. The normalized spacial score (nSPS) is 10.6. The van der Waals surface area contributed by atoms with Crippen LogP contribution in [0, 0.1) is 0 Å². The van der Waals surface area contributed by atoms with Gasteiger partial charge < -0.3 is 0 Å². The number of hydrogen-bond donors (Lipinski definition) is 0. The summed E-state index contributed by atoms with van der Waals surface area (Å²) in [5.74, 6) is 1.08. The fraction of sp³-hybridized carbons (Fsp3) is 0.200. The van der Waals surface area contributed by atoms with Crippen molar-refractivity contribution in [3.8, 4) is 11.1 Å². The van der Waals surface area contributed by atoms with Crippen molar-refractivity contribution < 1.29 is 0 Å². The van der Waals surface area contributed by atoms with Crippen molar-refractivity contribution >= 4 is 35.1 Å². The van der Waals surface area contributed by atoms with Gasteiger partial charge in [0.2, 0.25) is 0 Å². The molecule has 2 rings (SSSR count). The van der Waals surface area contributed by atoms with Crippen LogP contribution in [0.5, 0.6) is 0 Å². The molecule has 0 aliphatic carbocycles. The highest BCUT2D eigenvalue weighted by Gasteiger charge is 2.07. The van der Waals surface area contributed by atoms with Crippen molar-refractivity contribution in [2.45, 2.75) is 16.7 Å². The Balaban J connectivity index is 2.45. The molecule has 0 radical (unpaired) electrons. The zero-order valence-electron chi connectivity index (χ0n) is 10.4. The molecule has 0 bridgehead atoms. The van der Waals surface area contributed by atoms with Crippen molar-refractivity contribution in [2.24, 2.45) is 0 Å². The van der Waals surface area contributed by atoms with Gasteiger partial charge in [-0.15, -0.1) is 23.5 Å². The minimum Gasteiger partial charge on any atom is -0.128 e. The Kier molecular flexibility index (Phi) is 5.04. The van der Waals surface area contributed by atoms with Crippen LogP contribution in [-0.4, -0.2) is 12.0 Å². The molecule has 0 spiro atoms. The summed E-state index contributed by atoms with van der Waals surface area (Å²) in [5, 5.41) is 0.830. The van der Waals surface area contributed by atoms with E-state index in [1.807, 2.05) is 18.0 Å². The van der Waals surface area contributed by atoms with Crippen molar-refractivity contribution in [1.29, 1.82) is 0 Å². The summed E-state index contributed by atoms with van der Waals surface area (Å²) in [5.41, 5.74) is 2.45. The third kappa shape index (κ3) is 3.05. The maximum atomic E-state index is 6.28. The summed E-state index contributed by atoms with van der Waals surface area (Å²) in [7, 11) is 0. The first-order valence-electron chi connectivity index (χ1n) is 5.82. The van der Waals surface area contributed by atoms with Crippen LogP contribution in [0.4, 0.5) is 0 Å². The maximum absolute atomic E-state index is 6.28. The average Bonchev–Trinajstić information content (AvgIpc) is 2.40. The molecular formula is C15H15ClS2. The van der Waals surface area contributed by atoms with Gasteiger partial charge in [0.15, 0.2) is 0 Å². The standard InChI is InChI=1S/C15H15ClS2/c1-3-18-14-7-5-4-6-12(14)11-8-9-15(17-2)13(16)10-11/h4-10H,3H2,1-2H3. The highest BCUT2D eigenvalue weighted by atomic mass is 35.5. The van der Waals surface area contributed by atoms with E-state index < -0.39 is 0 Å². The van der Waals surface area contributed by atoms with Crippen molar-refractivity contribution in [3.63, 3.8) is 0 Å². The zero-order valence-corrected chi connectivity index (χ0v) is 12.8. The predicted octanol–water partition coefficient (Wildman–Crippen LogP) is 5.84. The Morgan fingerprint density at radius 1 is 1.06 bits per heavy atom. The zero-order chi connectivity index (χ0) is 13.0. The van der Waals surface area contributed by atoms with Gasteiger partial charge in [0, 0.05) is 9.79 Å². The molecule has 0 amide bonds. The molecular weight excluding hydrogens is 280 g/mol. The summed E-state index contributed by atoms with van der Waals surface area (Å²) in [6.45, 7) is 2.17. The second-order valence-electron chi connectivity index (χ2n) is 3.78. The van der Waals surface area contributed by atoms with E-state index in [0.717, 1.165) is 15.7 Å². The fourth-order valence-corrected chi connectivity index (χ4v) is 3.52. The Morgan fingerprint density at radius 3 is 2.50 bits per heavy atom. The van der Waals surface area contributed by atoms with Crippen LogP contribution in [0.1, 0.15) is 6.92 Å². The van der Waals surface area contributed by atoms with E-state index in [0.29, 0.717) is 0 Å². The Hall–Kier alpha value is -0.570. The predicted molar refractivity (Wildman–Crippen MR) is 85.1 cm³/mol. The largest absolute Gasteiger partial charge is 0.128 e. The number of rotatable bonds is 4. The third-order valence-electron chi connectivity index (χ3n) is 2.65. The van der Waals surface area contributed by atoms with Crippen molar-refractivity contribution in [1.82, 2.24) is 0 Å². The molecule has 0 atom stereocenters. The molecule has 0 fully saturated rings. The van der Waals surface area contributed by atoms with E-state index in [2.05, 4.69) is 49.4 Å². The van der Waals surface area contributed by atoms with Crippen molar-refractivity contribution in [2.75, 3.05) is 12.0 Å². The van der Waals surface area contributed by atoms with Crippen LogP contribution in [0.15, 0.2) is 52.3 Å². The van der Waals surface area contributed by atoms with E-state index >= 15 is 0 Å². The van der Waals surface area contributed by atoms with Gasteiger partial charge in [0.1, 0.15) is 0 Å². The highest BCUT2D eigenvalue weighted by Crippen LogP contribution is 2.35. The number of benzene rings is 2. The topological polar surface area (TPSA) is 0 Å². The third-order valence-corrected chi connectivity index (χ3v) is 4.83. The highest BCUT2D eigenvalue weighted by molar-refractivity contribution is 7.99. The molecule has 94 valence electrons. The lowest BCUT2D eigenvalue weighted by atomic mass is 10.1. The summed E-state index contributed by atoms with van der Waals surface area (Å²) >= 11 is 9.82. The Labute approximate surface area is 122 Å². The van der Waals surface area contributed by atoms with Gasteiger partial charge in [-0.05, 0) is 41.3 Å². The van der Waals surface area contributed by atoms with Gasteiger partial charge in [-0.25, -0.2) is 0 Å². The van der Waals surface area contributed by atoms with E-state index in [1.165, 1.54) is 16.0 Å². The number of thioether (sulfide) groups is 2. The first kappa shape index (κ1) is 13.9. The molecule has 2 aromatic rings. The minimum absolute atomic E-state index is 0.830. The van der Waals surface area contributed by atoms with Crippen molar-refractivity contribution in [3.05, 3.63) is 47.5 Å². The van der Waals surface area contributed by atoms with E-state index in [9.17, 15) is 0 Å². The first-order chi connectivity index (χ1) is 8.76. The molecule has 0 unspecified atom stereocenters. The molecule has 0 saturated heterocycles. The van der Waals surface area contributed by atoms with Gasteiger partial charge in [-0.3, -0.25) is 0 Å². The van der Waals surface area contributed by atoms with E-state index in [4.69, 9.17) is 11.6 Å². The quantitative estimate of drug-likeness (QED) is 0.650. The molecule has 3 heteroatoms. The van der Waals surface area contributed by atoms with Gasteiger partial charge in [0.05, 0.1) is 5.02 Å². The second-order valence-corrected chi connectivity index (χ2v) is 6.34. The van der Waals surface area contributed by atoms with Crippen LogP contribution in [0.2, 0.25) is 5.02 Å². The number of halogens is 1. The summed E-state index contributed by atoms with van der Waals surface area (Å²) in [6.07, 6.45) is 2.04. The summed E-state index contributed by atoms with van der Waals surface area (Å²) in [4.78, 5) is 2.44. The molecule has 0 aliphatic heterocycles. The maximum Gasteiger partial charge on any atom is 0.0547 e. The molecule has 0 saturated carbocycles. The molecule has 0 aromatic heterocycles. The SMILES string of the molecule is CCSc1ccccc1-c1ccc(SC)c(Cl)c1. The van der Waals surface area contributed by atoms with Gasteiger partial charge in [0.25, 0.3) is 0 Å². The van der Waals surface area contributed by atoms with Gasteiger partial charge in [-0.1, -0.05) is 42.8 Å². The minimum atomic E-state index is 0.830. The van der Waals surface area contributed by atoms with E-state index in [-0.39, 0.29) is 0 Å². The lowest BCUT2D eigenvalue weighted by molar-refractivity contribution is 1.40. The first-order valence-corrected chi connectivity index (χ1v) is 8.40. The summed E-state index contributed by atoms with van der Waals surface area (Å²) in [6, 6.07) is 14.8. The lowest BCUT2D eigenvalue weighted by Gasteiger charge is -2.10. The van der Waals surface area contributed by atoms with Gasteiger partial charge in [-0.2, -0.15) is 0 Å². The van der Waals surface area contributed by atoms with E-state index in [1.54, 1.807) is 11.8 Å². The Morgan fingerprint density at radius 2 is 1.83 bits per heavy atom. The van der Waals surface area contributed by atoms with Crippen LogP contribution in [0.3, 0.4) is 0 Å². The number of hydrogen-bond acceptors (Lipinski definition) is 2. The lowest BCUT2D eigenvalue weighted by Crippen LogP contribution is -1.84. The molecule has 2 aromatic carbocycles. The molecule has 0 aliphatic rings.